The molecule has 2 aliphatic rings. The van der Waals surface area contributed by atoms with Gasteiger partial charge < -0.3 is 15.4 Å². The Labute approximate surface area is 148 Å². The summed E-state index contributed by atoms with van der Waals surface area (Å²) in [6.45, 7) is 3.42. The zero-order chi connectivity index (χ0) is 14.9. The van der Waals surface area contributed by atoms with Crippen LogP contribution in [0.3, 0.4) is 0 Å². The molecule has 1 saturated carbocycles. The number of rotatable bonds is 2. The Morgan fingerprint density at radius 1 is 1.35 bits per heavy atom. The minimum absolute atomic E-state index is 0. The largest absolute Gasteiger partial charge is 0.366 e. The third-order valence-electron chi connectivity index (χ3n) is 4.43. The summed E-state index contributed by atoms with van der Waals surface area (Å²) in [6.07, 6.45) is 4.56. The topological polar surface area (TPSA) is 97.1 Å². The van der Waals surface area contributed by atoms with Crippen LogP contribution in [0.5, 0.6) is 0 Å². The number of aromatic nitrogens is 3. The number of nitrogens with one attached hydrogen (secondary N) is 1. The van der Waals surface area contributed by atoms with Gasteiger partial charge in [0.15, 0.2) is 5.82 Å². The van der Waals surface area contributed by atoms with E-state index in [1.54, 1.807) is 0 Å². The van der Waals surface area contributed by atoms with Crippen LogP contribution in [0, 0.1) is 6.92 Å². The number of hydrogen-bond acceptors (Lipinski definition) is 5. The average molecular weight is 366 g/mol. The zero-order valence-corrected chi connectivity index (χ0v) is 14.9. The standard InChI is InChI=1S/C14H23N5O2.2ClH/c1-10-16-12(18-17-10)11-9-19(7-8-21-11)13(20)14(15)5-3-2-4-6-14;;/h11H,2-9,15H2,1H3,(H,16,17,18);2*1H. The van der Waals surface area contributed by atoms with E-state index < -0.39 is 5.54 Å². The number of morpholine rings is 1. The van der Waals surface area contributed by atoms with Crippen molar-refractivity contribution in [1.29, 1.82) is 0 Å². The molecule has 0 aromatic carbocycles. The third kappa shape index (κ3) is 4.35. The number of halogens is 2. The number of carbonyl (C=O) groups is 1. The summed E-state index contributed by atoms with van der Waals surface area (Å²) in [5, 5.41) is 6.94. The lowest BCUT2D eigenvalue weighted by atomic mass is 9.81. The van der Waals surface area contributed by atoms with Gasteiger partial charge in [-0.1, -0.05) is 19.3 Å². The van der Waals surface area contributed by atoms with E-state index in [9.17, 15) is 4.79 Å². The Morgan fingerprint density at radius 3 is 2.65 bits per heavy atom. The molecule has 1 aromatic rings. The van der Waals surface area contributed by atoms with Crippen molar-refractivity contribution in [2.45, 2.75) is 50.7 Å². The molecule has 1 atom stereocenters. The molecule has 1 amide bonds. The van der Waals surface area contributed by atoms with Crippen molar-refractivity contribution in [3.63, 3.8) is 0 Å². The van der Waals surface area contributed by atoms with Crippen LogP contribution in [0.2, 0.25) is 0 Å². The maximum absolute atomic E-state index is 12.8. The van der Waals surface area contributed by atoms with Gasteiger partial charge in [-0.25, -0.2) is 4.98 Å². The second-order valence-electron chi connectivity index (χ2n) is 6.11. The van der Waals surface area contributed by atoms with Gasteiger partial charge in [0.1, 0.15) is 11.9 Å². The lowest BCUT2D eigenvalue weighted by Crippen LogP contribution is -2.58. The van der Waals surface area contributed by atoms with Crippen molar-refractivity contribution in [1.82, 2.24) is 20.1 Å². The minimum atomic E-state index is -0.685. The molecule has 1 aliphatic carbocycles. The van der Waals surface area contributed by atoms with Crippen LogP contribution in [0.4, 0.5) is 0 Å². The molecule has 3 N–H and O–H groups in total. The van der Waals surface area contributed by atoms with E-state index in [0.29, 0.717) is 25.5 Å². The van der Waals surface area contributed by atoms with Crippen molar-refractivity contribution in [2.24, 2.45) is 5.73 Å². The van der Waals surface area contributed by atoms with Gasteiger partial charge in [0.2, 0.25) is 5.91 Å². The van der Waals surface area contributed by atoms with Crippen molar-refractivity contribution in [3.8, 4) is 0 Å². The first kappa shape index (κ1) is 20.2. The number of ether oxygens (including phenoxy) is 1. The van der Waals surface area contributed by atoms with Crippen molar-refractivity contribution in [3.05, 3.63) is 11.6 Å². The Kier molecular flexibility index (Phi) is 7.26. The van der Waals surface area contributed by atoms with Crippen LogP contribution in [0.25, 0.3) is 0 Å². The van der Waals surface area contributed by atoms with Crippen LogP contribution < -0.4 is 5.73 Å². The molecule has 0 bridgehead atoms. The monoisotopic (exact) mass is 365 g/mol. The summed E-state index contributed by atoms with van der Waals surface area (Å²) in [6, 6.07) is 0. The SMILES string of the molecule is Cc1nc(C2CN(C(=O)C3(N)CCCCC3)CCO2)n[nH]1.Cl.Cl. The van der Waals surface area contributed by atoms with Gasteiger partial charge in [-0.05, 0) is 19.8 Å². The Bertz CT molecular complexity index is 519. The first-order valence-corrected chi connectivity index (χ1v) is 7.67. The summed E-state index contributed by atoms with van der Waals surface area (Å²) in [7, 11) is 0. The summed E-state index contributed by atoms with van der Waals surface area (Å²) < 4.78 is 5.70. The van der Waals surface area contributed by atoms with Crippen LogP contribution >= 0.6 is 24.8 Å². The predicted octanol–water partition coefficient (Wildman–Crippen LogP) is 1.52. The van der Waals surface area contributed by atoms with Gasteiger partial charge in [0.05, 0.1) is 18.7 Å². The number of H-pyrrole nitrogens is 1. The highest BCUT2D eigenvalue weighted by molar-refractivity contribution is 5.86. The minimum Gasteiger partial charge on any atom is -0.366 e. The van der Waals surface area contributed by atoms with Gasteiger partial charge in [0, 0.05) is 6.54 Å². The van der Waals surface area contributed by atoms with Gasteiger partial charge in [-0.15, -0.1) is 24.8 Å². The number of nitrogens with two attached hydrogens (primary N) is 1. The maximum atomic E-state index is 12.8. The quantitative estimate of drug-likeness (QED) is 0.827. The van der Waals surface area contributed by atoms with Crippen molar-refractivity contribution < 1.29 is 9.53 Å². The van der Waals surface area contributed by atoms with E-state index >= 15 is 0 Å². The number of carbonyl (C=O) groups excluding carboxylic acids is 1. The van der Waals surface area contributed by atoms with Gasteiger partial charge in [-0.2, -0.15) is 5.10 Å². The first-order chi connectivity index (χ1) is 10.1. The molecule has 9 heteroatoms. The van der Waals surface area contributed by atoms with Gasteiger partial charge in [-0.3, -0.25) is 9.89 Å². The number of hydrogen-bond donors (Lipinski definition) is 2. The van der Waals surface area contributed by atoms with Gasteiger partial charge >= 0.3 is 0 Å². The third-order valence-corrected chi connectivity index (χ3v) is 4.43. The highest BCUT2D eigenvalue weighted by atomic mass is 35.5. The zero-order valence-electron chi connectivity index (χ0n) is 13.3. The summed E-state index contributed by atoms with van der Waals surface area (Å²) in [5.41, 5.74) is 5.67. The highest BCUT2D eigenvalue weighted by Gasteiger charge is 2.40. The highest BCUT2D eigenvalue weighted by Crippen LogP contribution is 2.29. The summed E-state index contributed by atoms with van der Waals surface area (Å²) in [5.74, 6) is 1.42. The molecule has 1 unspecified atom stereocenters. The molecule has 3 rings (SSSR count). The van der Waals surface area contributed by atoms with Crippen LogP contribution in [-0.2, 0) is 9.53 Å². The van der Waals surface area contributed by atoms with Gasteiger partial charge in [0.25, 0.3) is 0 Å². The Morgan fingerprint density at radius 2 is 2.04 bits per heavy atom. The fourth-order valence-electron chi connectivity index (χ4n) is 3.21. The number of nitrogens with zero attached hydrogens (tertiary/aromatic N) is 3. The number of aromatic amines is 1. The van der Waals surface area contributed by atoms with E-state index in [4.69, 9.17) is 10.5 Å². The molecular formula is C14H25Cl2N5O2. The fraction of sp³-hybridized carbons (Fsp3) is 0.786. The van der Waals surface area contributed by atoms with E-state index in [1.807, 2.05) is 11.8 Å². The molecule has 1 saturated heterocycles. The van der Waals surface area contributed by atoms with E-state index in [-0.39, 0.29) is 36.8 Å². The normalized spacial score (nSPS) is 23.6. The fourth-order valence-corrected chi connectivity index (χ4v) is 3.21. The van der Waals surface area contributed by atoms with Crippen LogP contribution in [-0.4, -0.2) is 51.2 Å². The predicted molar refractivity (Wildman–Crippen MR) is 90.9 cm³/mol. The van der Waals surface area contributed by atoms with E-state index in [2.05, 4.69) is 15.2 Å². The molecule has 23 heavy (non-hydrogen) atoms. The molecule has 2 heterocycles. The Balaban J connectivity index is 0.00000132. The lowest BCUT2D eigenvalue weighted by Gasteiger charge is -2.39. The molecule has 0 spiro atoms. The maximum Gasteiger partial charge on any atom is 0.242 e. The second-order valence-corrected chi connectivity index (χ2v) is 6.11. The molecular weight excluding hydrogens is 341 g/mol. The van der Waals surface area contributed by atoms with Crippen LogP contribution in [0.15, 0.2) is 0 Å². The van der Waals surface area contributed by atoms with Crippen LogP contribution in [0.1, 0.15) is 49.9 Å². The molecule has 0 radical (unpaired) electrons. The molecule has 132 valence electrons. The molecule has 7 nitrogen and oxygen atoms in total. The smallest absolute Gasteiger partial charge is 0.242 e. The summed E-state index contributed by atoms with van der Waals surface area (Å²) >= 11 is 0. The van der Waals surface area contributed by atoms with E-state index in [0.717, 1.165) is 31.5 Å². The molecule has 1 aromatic heterocycles. The van der Waals surface area contributed by atoms with Crippen molar-refractivity contribution in [2.75, 3.05) is 19.7 Å². The molecule has 1 aliphatic heterocycles. The Hall–Kier alpha value is -0.890. The lowest BCUT2D eigenvalue weighted by molar-refractivity contribution is -0.146. The first-order valence-electron chi connectivity index (χ1n) is 7.67. The summed E-state index contributed by atoms with van der Waals surface area (Å²) in [4.78, 5) is 18.9. The number of amides is 1. The van der Waals surface area contributed by atoms with Crippen molar-refractivity contribution >= 4 is 30.7 Å². The average Bonchev–Trinajstić information content (AvgIpc) is 2.94. The second kappa shape index (κ2) is 8.28. The van der Waals surface area contributed by atoms with E-state index in [1.165, 1.54) is 6.42 Å². The molecule has 2 fully saturated rings. The number of aryl methyl sites for hydroxylation is 1.